The molecular formula is C14H12ClF2N3. The summed E-state index contributed by atoms with van der Waals surface area (Å²) >= 11 is 6.07. The van der Waals surface area contributed by atoms with Crippen LogP contribution >= 0.6 is 11.6 Å². The lowest BCUT2D eigenvalue weighted by atomic mass is 10.2. The number of nitrogens with zero attached hydrogens (tertiary/aromatic N) is 2. The molecule has 20 heavy (non-hydrogen) atoms. The molecule has 0 aliphatic heterocycles. The molecule has 1 saturated carbocycles. The summed E-state index contributed by atoms with van der Waals surface area (Å²) in [5, 5.41) is 3.13. The summed E-state index contributed by atoms with van der Waals surface area (Å²) in [4.78, 5) is 8.59. The molecule has 0 unspecified atom stereocenters. The van der Waals surface area contributed by atoms with Crippen LogP contribution in [0.3, 0.4) is 0 Å². The van der Waals surface area contributed by atoms with Crippen LogP contribution in [0.1, 0.15) is 30.1 Å². The molecule has 0 saturated heterocycles. The summed E-state index contributed by atoms with van der Waals surface area (Å²) in [5.74, 6) is -0.452. The van der Waals surface area contributed by atoms with E-state index in [0.29, 0.717) is 28.3 Å². The summed E-state index contributed by atoms with van der Waals surface area (Å²) in [6, 6.07) is 3.95. The van der Waals surface area contributed by atoms with Crippen molar-refractivity contribution >= 4 is 23.1 Å². The third-order valence-electron chi connectivity index (χ3n) is 3.25. The van der Waals surface area contributed by atoms with Crippen LogP contribution in [0, 0.1) is 18.6 Å². The zero-order valence-electron chi connectivity index (χ0n) is 10.8. The van der Waals surface area contributed by atoms with E-state index in [1.54, 1.807) is 6.92 Å². The zero-order valence-corrected chi connectivity index (χ0v) is 11.5. The van der Waals surface area contributed by atoms with E-state index < -0.39 is 11.6 Å². The van der Waals surface area contributed by atoms with Crippen molar-refractivity contribution < 1.29 is 8.78 Å². The van der Waals surface area contributed by atoms with Crippen molar-refractivity contribution in [3.05, 3.63) is 46.4 Å². The van der Waals surface area contributed by atoms with Crippen molar-refractivity contribution in [3.63, 3.8) is 0 Å². The Morgan fingerprint density at radius 3 is 2.70 bits per heavy atom. The Morgan fingerprint density at radius 1 is 1.25 bits per heavy atom. The molecule has 1 aromatic carbocycles. The minimum absolute atomic E-state index is 0.0320. The molecule has 104 valence electrons. The summed E-state index contributed by atoms with van der Waals surface area (Å²) in [5.41, 5.74) is 0.643. The first-order valence-corrected chi connectivity index (χ1v) is 6.69. The molecule has 3 rings (SSSR count). The number of rotatable bonds is 3. The van der Waals surface area contributed by atoms with Gasteiger partial charge in [-0.3, -0.25) is 0 Å². The normalized spacial score (nSPS) is 14.4. The molecule has 0 spiro atoms. The Kier molecular flexibility index (Phi) is 3.30. The Hall–Kier alpha value is -1.75. The van der Waals surface area contributed by atoms with Gasteiger partial charge >= 0.3 is 0 Å². The van der Waals surface area contributed by atoms with Crippen LogP contribution in [0.5, 0.6) is 0 Å². The Balaban J connectivity index is 1.99. The second-order valence-corrected chi connectivity index (χ2v) is 5.20. The molecule has 0 amide bonds. The minimum Gasteiger partial charge on any atom is -0.337 e. The van der Waals surface area contributed by atoms with Crippen LogP contribution in [-0.2, 0) is 0 Å². The Labute approximate surface area is 120 Å². The van der Waals surface area contributed by atoms with Crippen LogP contribution in [0.25, 0.3) is 0 Å². The molecule has 1 heterocycles. The second-order valence-electron chi connectivity index (χ2n) is 4.85. The van der Waals surface area contributed by atoms with Gasteiger partial charge in [0, 0.05) is 11.5 Å². The fraction of sp³-hybridized carbons (Fsp3) is 0.286. The van der Waals surface area contributed by atoms with Gasteiger partial charge in [0.15, 0.2) is 11.6 Å². The molecular weight excluding hydrogens is 284 g/mol. The lowest BCUT2D eigenvalue weighted by molar-refractivity contribution is 0.511. The molecule has 0 atom stereocenters. The number of hydrogen-bond acceptors (Lipinski definition) is 3. The fourth-order valence-corrected chi connectivity index (χ4v) is 2.06. The molecule has 1 N–H and O–H groups in total. The van der Waals surface area contributed by atoms with Gasteiger partial charge in [-0.15, -0.1) is 0 Å². The van der Waals surface area contributed by atoms with E-state index in [-0.39, 0.29) is 5.69 Å². The predicted molar refractivity (Wildman–Crippen MR) is 73.4 cm³/mol. The molecule has 1 aliphatic rings. The van der Waals surface area contributed by atoms with Crippen LogP contribution < -0.4 is 5.32 Å². The third-order valence-corrected chi connectivity index (χ3v) is 3.62. The quantitative estimate of drug-likeness (QED) is 0.856. The van der Waals surface area contributed by atoms with Gasteiger partial charge in [0.05, 0.1) is 5.69 Å². The highest BCUT2D eigenvalue weighted by molar-refractivity contribution is 6.30. The second kappa shape index (κ2) is 4.98. The monoisotopic (exact) mass is 295 g/mol. The lowest BCUT2D eigenvalue weighted by Crippen LogP contribution is -2.04. The fourth-order valence-electron chi connectivity index (χ4n) is 1.88. The maximum Gasteiger partial charge on any atom is 0.182 e. The van der Waals surface area contributed by atoms with Gasteiger partial charge in [-0.2, -0.15) is 0 Å². The van der Waals surface area contributed by atoms with Gasteiger partial charge in [0.2, 0.25) is 0 Å². The largest absolute Gasteiger partial charge is 0.337 e. The summed E-state index contributed by atoms with van der Waals surface area (Å²) in [7, 11) is 0. The van der Waals surface area contributed by atoms with Gasteiger partial charge in [-0.05, 0) is 31.9 Å². The highest BCUT2D eigenvalue weighted by atomic mass is 35.5. The molecule has 1 fully saturated rings. The SMILES string of the molecule is Cc1c(Cl)nc(C2CC2)nc1Nc1cccc(F)c1F. The topological polar surface area (TPSA) is 37.8 Å². The van der Waals surface area contributed by atoms with Gasteiger partial charge in [-0.25, -0.2) is 18.7 Å². The zero-order chi connectivity index (χ0) is 14.3. The lowest BCUT2D eigenvalue weighted by Gasteiger charge is -2.12. The number of benzene rings is 1. The maximum absolute atomic E-state index is 13.7. The maximum atomic E-state index is 13.7. The highest BCUT2D eigenvalue weighted by Gasteiger charge is 2.28. The molecule has 6 heteroatoms. The van der Waals surface area contributed by atoms with E-state index in [9.17, 15) is 8.78 Å². The van der Waals surface area contributed by atoms with Gasteiger partial charge in [0.25, 0.3) is 0 Å². The van der Waals surface area contributed by atoms with E-state index in [4.69, 9.17) is 11.6 Å². The summed E-state index contributed by atoms with van der Waals surface area (Å²) in [6.45, 7) is 1.73. The van der Waals surface area contributed by atoms with Crippen LogP contribution in [0.4, 0.5) is 20.3 Å². The molecule has 0 radical (unpaired) electrons. The molecule has 0 bridgehead atoms. The highest BCUT2D eigenvalue weighted by Crippen LogP contribution is 2.39. The van der Waals surface area contributed by atoms with Crippen molar-refractivity contribution in [1.82, 2.24) is 9.97 Å². The van der Waals surface area contributed by atoms with Crippen LogP contribution in [-0.4, -0.2) is 9.97 Å². The average molecular weight is 296 g/mol. The van der Waals surface area contributed by atoms with E-state index in [1.165, 1.54) is 12.1 Å². The third kappa shape index (κ3) is 2.45. The number of anilines is 2. The molecule has 3 nitrogen and oxygen atoms in total. The Morgan fingerprint density at radius 2 is 2.00 bits per heavy atom. The van der Waals surface area contributed by atoms with Gasteiger partial charge in [-0.1, -0.05) is 17.7 Å². The summed E-state index contributed by atoms with van der Waals surface area (Å²) in [6.07, 6.45) is 2.07. The van der Waals surface area contributed by atoms with E-state index in [0.717, 1.165) is 18.9 Å². The van der Waals surface area contributed by atoms with Crippen molar-refractivity contribution in [2.75, 3.05) is 5.32 Å². The van der Waals surface area contributed by atoms with Gasteiger partial charge < -0.3 is 5.32 Å². The number of nitrogens with one attached hydrogen (secondary N) is 1. The minimum atomic E-state index is -0.936. The van der Waals surface area contributed by atoms with Gasteiger partial charge in [0.1, 0.15) is 16.8 Å². The van der Waals surface area contributed by atoms with E-state index in [1.807, 2.05) is 0 Å². The van der Waals surface area contributed by atoms with Crippen molar-refractivity contribution in [3.8, 4) is 0 Å². The first kappa shape index (κ1) is 13.2. The molecule has 2 aromatic rings. The van der Waals surface area contributed by atoms with Crippen LogP contribution in [0.15, 0.2) is 18.2 Å². The first-order valence-electron chi connectivity index (χ1n) is 6.31. The van der Waals surface area contributed by atoms with Crippen molar-refractivity contribution in [2.45, 2.75) is 25.7 Å². The molecule has 1 aromatic heterocycles. The average Bonchev–Trinajstić information content (AvgIpc) is 3.24. The van der Waals surface area contributed by atoms with Crippen molar-refractivity contribution in [2.24, 2.45) is 0 Å². The van der Waals surface area contributed by atoms with Crippen LogP contribution in [0.2, 0.25) is 5.15 Å². The Bertz CT molecular complexity index is 672. The van der Waals surface area contributed by atoms with E-state index >= 15 is 0 Å². The number of hydrogen-bond donors (Lipinski definition) is 1. The number of aromatic nitrogens is 2. The summed E-state index contributed by atoms with van der Waals surface area (Å²) < 4.78 is 26.9. The number of halogens is 3. The smallest absolute Gasteiger partial charge is 0.182 e. The van der Waals surface area contributed by atoms with E-state index in [2.05, 4.69) is 15.3 Å². The first-order chi connectivity index (χ1) is 9.56. The predicted octanol–water partition coefficient (Wildman–Crippen LogP) is 4.34. The van der Waals surface area contributed by atoms with Crippen molar-refractivity contribution in [1.29, 1.82) is 0 Å². The molecule has 1 aliphatic carbocycles. The standard InChI is InChI=1S/C14H12ClF2N3/c1-7-12(15)19-14(8-5-6-8)20-13(7)18-10-4-2-3-9(16)11(10)17/h2-4,8H,5-6H2,1H3,(H,18,19,20).